The van der Waals surface area contributed by atoms with Gasteiger partial charge in [0.2, 0.25) is 0 Å². The fourth-order valence-corrected chi connectivity index (χ4v) is 2.84. The van der Waals surface area contributed by atoms with E-state index in [1.807, 2.05) is 13.0 Å². The van der Waals surface area contributed by atoms with Gasteiger partial charge in [-0.1, -0.05) is 38.5 Å². The number of aromatic nitrogens is 1. The van der Waals surface area contributed by atoms with E-state index in [0.717, 1.165) is 41.9 Å². The monoisotopic (exact) mass is 343 g/mol. The maximum atomic E-state index is 14.1. The van der Waals surface area contributed by atoms with E-state index in [1.165, 1.54) is 19.5 Å². The predicted octanol–water partition coefficient (Wildman–Crippen LogP) is 6.28. The predicted molar refractivity (Wildman–Crippen MR) is 106 cm³/mol. The van der Waals surface area contributed by atoms with Gasteiger partial charge in [-0.25, -0.2) is 4.39 Å². The lowest BCUT2D eigenvalue weighted by molar-refractivity contribution is 0.221. The normalized spacial score (nSPS) is 12.5. The maximum Gasteiger partial charge on any atom is 0.130 e. The second-order valence-electron chi connectivity index (χ2n) is 7.01. The molecule has 0 aliphatic heterocycles. The zero-order chi connectivity index (χ0) is 18.6. The van der Waals surface area contributed by atoms with Crippen LogP contribution in [0.4, 0.5) is 15.9 Å². The highest BCUT2D eigenvalue weighted by Crippen LogP contribution is 2.34. The SMILES string of the molecule is CCC/C=C(\CC)Nc1cc(C)c(-c2ccc(C(C)(C)F)cc2N)[nH]1. The van der Waals surface area contributed by atoms with Gasteiger partial charge in [0, 0.05) is 16.9 Å². The van der Waals surface area contributed by atoms with E-state index in [-0.39, 0.29) is 0 Å². The number of hydrogen-bond donors (Lipinski definition) is 3. The third kappa shape index (κ3) is 4.65. The molecule has 0 bridgehead atoms. The van der Waals surface area contributed by atoms with Crippen molar-refractivity contribution < 1.29 is 4.39 Å². The van der Waals surface area contributed by atoms with Crippen LogP contribution in [0.2, 0.25) is 0 Å². The first-order valence-corrected chi connectivity index (χ1v) is 9.01. The van der Waals surface area contributed by atoms with Crippen molar-refractivity contribution in [3.05, 3.63) is 47.2 Å². The average molecular weight is 343 g/mol. The number of allylic oxidation sites excluding steroid dienone is 2. The number of rotatable bonds is 7. The summed E-state index contributed by atoms with van der Waals surface area (Å²) in [5, 5.41) is 3.45. The quantitative estimate of drug-likeness (QED) is 0.518. The molecule has 2 aromatic rings. The number of nitrogens with one attached hydrogen (secondary N) is 2. The summed E-state index contributed by atoms with van der Waals surface area (Å²) < 4.78 is 14.1. The Labute approximate surface area is 150 Å². The Kier molecular flexibility index (Phi) is 5.93. The van der Waals surface area contributed by atoms with E-state index < -0.39 is 5.67 Å². The van der Waals surface area contributed by atoms with Gasteiger partial charge >= 0.3 is 0 Å². The number of unbranched alkanes of at least 4 members (excludes halogenated alkanes) is 1. The van der Waals surface area contributed by atoms with Crippen molar-refractivity contribution in [2.45, 2.75) is 59.5 Å². The van der Waals surface area contributed by atoms with Crippen LogP contribution in [0.25, 0.3) is 11.3 Å². The van der Waals surface area contributed by atoms with Crippen molar-refractivity contribution in [1.29, 1.82) is 0 Å². The summed E-state index contributed by atoms with van der Waals surface area (Å²) >= 11 is 0. The fraction of sp³-hybridized carbons (Fsp3) is 0.429. The van der Waals surface area contributed by atoms with Crippen LogP contribution in [0.1, 0.15) is 58.1 Å². The van der Waals surface area contributed by atoms with Crippen molar-refractivity contribution in [2.24, 2.45) is 0 Å². The summed E-state index contributed by atoms with van der Waals surface area (Å²) in [6, 6.07) is 7.50. The molecule has 1 heterocycles. The third-order valence-electron chi connectivity index (χ3n) is 4.38. The molecule has 0 spiro atoms. The molecule has 0 fully saturated rings. The number of anilines is 2. The number of H-pyrrole nitrogens is 1. The van der Waals surface area contributed by atoms with Crippen molar-refractivity contribution >= 4 is 11.5 Å². The minimum absolute atomic E-state index is 0.581. The maximum absolute atomic E-state index is 14.1. The Morgan fingerprint density at radius 2 is 2.00 bits per heavy atom. The van der Waals surface area contributed by atoms with Gasteiger partial charge in [-0.15, -0.1) is 0 Å². The molecule has 1 aromatic heterocycles. The van der Waals surface area contributed by atoms with Crippen LogP contribution in [-0.4, -0.2) is 4.98 Å². The van der Waals surface area contributed by atoms with Gasteiger partial charge in [0.1, 0.15) is 11.5 Å². The molecule has 0 aliphatic carbocycles. The van der Waals surface area contributed by atoms with Crippen LogP contribution in [-0.2, 0) is 5.67 Å². The Morgan fingerprint density at radius 1 is 1.28 bits per heavy atom. The topological polar surface area (TPSA) is 53.8 Å². The average Bonchev–Trinajstić information content (AvgIpc) is 2.90. The molecule has 0 saturated heterocycles. The number of halogens is 1. The second-order valence-corrected chi connectivity index (χ2v) is 7.01. The third-order valence-corrected chi connectivity index (χ3v) is 4.38. The van der Waals surface area contributed by atoms with E-state index in [9.17, 15) is 4.39 Å². The molecule has 1 aromatic carbocycles. The summed E-state index contributed by atoms with van der Waals surface area (Å²) in [7, 11) is 0. The smallest absolute Gasteiger partial charge is 0.130 e. The van der Waals surface area contributed by atoms with Crippen molar-refractivity contribution in [1.82, 2.24) is 4.98 Å². The lowest BCUT2D eigenvalue weighted by atomic mass is 9.96. The van der Waals surface area contributed by atoms with Gasteiger partial charge < -0.3 is 16.0 Å². The van der Waals surface area contributed by atoms with Gasteiger partial charge in [-0.05, 0) is 56.9 Å². The van der Waals surface area contributed by atoms with Crippen molar-refractivity contribution in [2.75, 3.05) is 11.1 Å². The molecular weight excluding hydrogens is 313 g/mol. The van der Waals surface area contributed by atoms with Crippen LogP contribution in [0.5, 0.6) is 0 Å². The number of nitrogen functional groups attached to an aromatic ring is 1. The molecule has 0 radical (unpaired) electrons. The van der Waals surface area contributed by atoms with E-state index >= 15 is 0 Å². The van der Waals surface area contributed by atoms with Crippen LogP contribution in [0.3, 0.4) is 0 Å². The molecule has 4 heteroatoms. The van der Waals surface area contributed by atoms with Crippen molar-refractivity contribution in [3.63, 3.8) is 0 Å². The first-order valence-electron chi connectivity index (χ1n) is 9.01. The van der Waals surface area contributed by atoms with E-state index in [2.05, 4.69) is 36.3 Å². The molecule has 25 heavy (non-hydrogen) atoms. The van der Waals surface area contributed by atoms with Crippen molar-refractivity contribution in [3.8, 4) is 11.3 Å². The molecular formula is C21H30FN3. The van der Waals surface area contributed by atoms with Crippen LogP contribution < -0.4 is 11.1 Å². The first kappa shape index (κ1) is 19.1. The first-order chi connectivity index (χ1) is 11.8. The summed E-state index contributed by atoms with van der Waals surface area (Å²) in [5.74, 6) is 0.950. The van der Waals surface area contributed by atoms with E-state index in [0.29, 0.717) is 11.3 Å². The highest BCUT2D eigenvalue weighted by molar-refractivity contribution is 5.78. The molecule has 4 N–H and O–H groups in total. The van der Waals surface area contributed by atoms with Gasteiger partial charge in [0.05, 0.1) is 5.69 Å². The molecule has 3 nitrogen and oxygen atoms in total. The summed E-state index contributed by atoms with van der Waals surface area (Å²) in [6.45, 7) is 9.44. The van der Waals surface area contributed by atoms with Gasteiger partial charge in [-0.2, -0.15) is 0 Å². The van der Waals surface area contributed by atoms with Gasteiger partial charge in [0.25, 0.3) is 0 Å². The fourth-order valence-electron chi connectivity index (χ4n) is 2.84. The second kappa shape index (κ2) is 7.77. The lowest BCUT2D eigenvalue weighted by Crippen LogP contribution is -2.09. The summed E-state index contributed by atoms with van der Waals surface area (Å²) in [4.78, 5) is 3.41. The minimum atomic E-state index is -1.40. The highest BCUT2D eigenvalue weighted by Gasteiger charge is 2.20. The molecule has 2 rings (SSSR count). The minimum Gasteiger partial charge on any atom is -0.398 e. The largest absolute Gasteiger partial charge is 0.398 e. The van der Waals surface area contributed by atoms with E-state index in [4.69, 9.17) is 5.73 Å². The summed E-state index contributed by atoms with van der Waals surface area (Å²) in [6.07, 6.45) is 5.39. The number of benzene rings is 1. The molecule has 0 unspecified atom stereocenters. The Bertz CT molecular complexity index is 751. The lowest BCUT2D eigenvalue weighted by Gasteiger charge is -2.16. The standard InChI is InChI=1S/C21H30FN3/c1-6-8-9-16(7-2)24-19-12-14(3)20(25-19)17-11-10-15(13-18(17)23)21(4,5)22/h9-13,24-25H,6-8,23H2,1-5H3/b16-9+. The summed E-state index contributed by atoms with van der Waals surface area (Å²) in [5.41, 5.74) is 10.1. The Balaban J connectivity index is 2.31. The zero-order valence-corrected chi connectivity index (χ0v) is 16.0. The van der Waals surface area contributed by atoms with Gasteiger partial charge in [0.15, 0.2) is 0 Å². The zero-order valence-electron chi connectivity index (χ0n) is 16.0. The molecule has 0 aliphatic rings. The number of nitrogens with two attached hydrogens (primary N) is 1. The Hall–Kier alpha value is -2.23. The Morgan fingerprint density at radius 3 is 2.56 bits per heavy atom. The molecule has 0 amide bonds. The highest BCUT2D eigenvalue weighted by atomic mass is 19.1. The molecule has 136 valence electrons. The number of aromatic amines is 1. The number of hydrogen-bond acceptors (Lipinski definition) is 2. The molecule has 0 atom stereocenters. The number of aryl methyl sites for hydroxylation is 1. The molecule has 0 saturated carbocycles. The number of alkyl halides is 1. The van der Waals surface area contributed by atoms with Crippen LogP contribution in [0.15, 0.2) is 36.0 Å². The van der Waals surface area contributed by atoms with Crippen LogP contribution >= 0.6 is 0 Å². The van der Waals surface area contributed by atoms with Gasteiger partial charge in [-0.3, -0.25) is 0 Å². The van der Waals surface area contributed by atoms with Crippen LogP contribution in [0, 0.1) is 6.92 Å². The van der Waals surface area contributed by atoms with E-state index in [1.54, 1.807) is 12.1 Å².